The van der Waals surface area contributed by atoms with Gasteiger partial charge < -0.3 is 19.6 Å². The summed E-state index contributed by atoms with van der Waals surface area (Å²) in [5, 5.41) is 0. The highest BCUT2D eigenvalue weighted by atomic mass is 32.2. The Balaban J connectivity index is 2.07. The van der Waals surface area contributed by atoms with Gasteiger partial charge in [-0.05, 0) is 23.3 Å². The molecular formula is C23H20F7NO8P2S. The Morgan fingerprint density at radius 3 is 1.31 bits per heavy atom. The van der Waals surface area contributed by atoms with E-state index in [1.165, 1.54) is 0 Å². The van der Waals surface area contributed by atoms with E-state index in [9.17, 15) is 48.3 Å². The quantitative estimate of drug-likeness (QED) is 0.163. The maximum atomic E-state index is 14.0. The molecule has 0 aliphatic heterocycles. The first kappa shape index (κ1) is 33.9. The molecule has 0 aromatic heterocycles. The molecule has 3 aromatic carbocycles. The van der Waals surface area contributed by atoms with Crippen LogP contribution < -0.4 is 0 Å². The van der Waals surface area contributed by atoms with Crippen molar-refractivity contribution in [1.82, 2.24) is 4.31 Å². The lowest BCUT2D eigenvalue weighted by atomic mass is 10.1. The van der Waals surface area contributed by atoms with Crippen LogP contribution >= 0.6 is 15.2 Å². The molecule has 3 rings (SSSR count). The lowest BCUT2D eigenvalue weighted by Gasteiger charge is -2.25. The van der Waals surface area contributed by atoms with Crippen molar-refractivity contribution in [3.05, 3.63) is 101 Å². The zero-order chi connectivity index (χ0) is 31.9. The van der Waals surface area contributed by atoms with Gasteiger partial charge in [0.25, 0.3) is 0 Å². The first-order chi connectivity index (χ1) is 19.0. The summed E-state index contributed by atoms with van der Waals surface area (Å²) in [4.78, 5) is 34.4. The summed E-state index contributed by atoms with van der Waals surface area (Å²) < 4.78 is 147. The molecule has 0 unspecified atom stereocenters. The van der Waals surface area contributed by atoms with Crippen LogP contribution in [0.2, 0.25) is 0 Å². The number of hydrogen-bond donors (Lipinski definition) is 4. The topological polar surface area (TPSA) is 152 Å². The first-order valence-corrected chi connectivity index (χ1v) is 15.9. The molecule has 3 aromatic rings. The molecule has 0 saturated heterocycles. The fraction of sp³-hybridized carbons (Fsp3) is 0.217. The highest BCUT2D eigenvalue weighted by Gasteiger charge is 2.51. The number of hydrogen-bond acceptors (Lipinski definition) is 4. The summed E-state index contributed by atoms with van der Waals surface area (Å²) in [6, 6.07) is 8.90. The third-order valence-corrected chi connectivity index (χ3v) is 9.69. The van der Waals surface area contributed by atoms with E-state index < -0.39 is 77.4 Å². The minimum Gasteiger partial charge on any atom is -0.320 e. The average molecular weight is 665 g/mol. The van der Waals surface area contributed by atoms with Crippen molar-refractivity contribution in [1.29, 1.82) is 0 Å². The highest BCUT2D eigenvalue weighted by Crippen LogP contribution is 2.60. The SMILES string of the molecule is O=P(O)(O)C(F)(F)c1ccc(CN(Cc2ccc(C(F)(F)P(=O)(O)O)cc2)S(=O)(=O)c2ccccc2C(F)(F)F)cc1. The monoisotopic (exact) mass is 665 g/mol. The van der Waals surface area contributed by atoms with Gasteiger partial charge in [0.1, 0.15) is 0 Å². The number of alkyl halides is 7. The lowest BCUT2D eigenvalue weighted by Crippen LogP contribution is -2.32. The average Bonchev–Trinajstić information content (AvgIpc) is 2.87. The Labute approximate surface area is 233 Å². The van der Waals surface area contributed by atoms with Crippen molar-refractivity contribution < 1.29 is 67.9 Å². The van der Waals surface area contributed by atoms with Crippen LogP contribution in [0.4, 0.5) is 30.7 Å². The molecule has 4 N–H and O–H groups in total. The largest absolute Gasteiger partial charge is 0.417 e. The van der Waals surface area contributed by atoms with Gasteiger partial charge in [-0.3, -0.25) is 9.13 Å². The van der Waals surface area contributed by atoms with Gasteiger partial charge in [-0.1, -0.05) is 60.7 Å². The molecule has 0 heterocycles. The number of nitrogens with zero attached hydrogens (tertiary/aromatic N) is 1. The van der Waals surface area contributed by atoms with E-state index in [1.807, 2.05) is 0 Å². The Morgan fingerprint density at radius 2 is 0.976 bits per heavy atom. The van der Waals surface area contributed by atoms with Crippen molar-refractivity contribution in [2.75, 3.05) is 0 Å². The predicted octanol–water partition coefficient (Wildman–Crippen LogP) is 5.55. The predicted molar refractivity (Wildman–Crippen MR) is 133 cm³/mol. The molecule has 0 aliphatic rings. The molecule has 0 spiro atoms. The summed E-state index contributed by atoms with van der Waals surface area (Å²) in [5.41, 5.74) is -13.2. The molecule has 9 nitrogen and oxygen atoms in total. The van der Waals surface area contributed by atoms with E-state index in [2.05, 4.69) is 0 Å². The van der Waals surface area contributed by atoms with Gasteiger partial charge in [0.05, 0.1) is 10.5 Å². The number of rotatable bonds is 10. The number of sulfonamides is 1. The smallest absolute Gasteiger partial charge is 0.320 e. The third kappa shape index (κ3) is 6.95. The first-order valence-electron chi connectivity index (χ1n) is 11.2. The molecule has 0 bridgehead atoms. The minimum absolute atomic E-state index is 0.113. The molecule has 42 heavy (non-hydrogen) atoms. The molecule has 0 atom stereocenters. The van der Waals surface area contributed by atoms with Crippen LogP contribution in [0.5, 0.6) is 0 Å². The fourth-order valence-corrected chi connectivity index (χ4v) is 6.25. The van der Waals surface area contributed by atoms with Crippen LogP contribution in [0.1, 0.15) is 27.8 Å². The summed E-state index contributed by atoms with van der Waals surface area (Å²) in [6.07, 6.45) is -5.12. The number of halogens is 7. The van der Waals surface area contributed by atoms with Gasteiger partial charge >= 0.3 is 32.7 Å². The zero-order valence-electron chi connectivity index (χ0n) is 20.7. The summed E-state index contributed by atoms with van der Waals surface area (Å²) in [7, 11) is -17.0. The fourth-order valence-electron chi connectivity index (χ4n) is 3.66. The standard InChI is InChI=1S/C23H20F7NO8P2S/c24-21(25,26)19-3-1-2-4-20(19)42(38,39)31(13-15-5-9-17(10-6-15)22(27,28)40(32,33)34)14-16-7-11-18(12-8-16)23(29,30)41(35,36)37/h1-12H,13-14H2,(H2,32,33,34)(H2,35,36,37). The summed E-state index contributed by atoms with van der Waals surface area (Å²) in [6.45, 7) is -1.56. The van der Waals surface area contributed by atoms with Gasteiger partial charge in [-0.15, -0.1) is 0 Å². The molecule has 0 aliphatic carbocycles. The zero-order valence-corrected chi connectivity index (χ0v) is 23.3. The summed E-state index contributed by atoms with van der Waals surface area (Å²) >= 11 is 0. The van der Waals surface area contributed by atoms with Crippen LogP contribution in [-0.2, 0) is 49.7 Å². The van der Waals surface area contributed by atoms with E-state index >= 15 is 0 Å². The van der Waals surface area contributed by atoms with Crippen molar-refractivity contribution in [2.24, 2.45) is 0 Å². The van der Waals surface area contributed by atoms with E-state index in [1.54, 1.807) is 0 Å². The number of benzene rings is 3. The molecule has 0 saturated carbocycles. The Morgan fingerprint density at radius 1 is 0.619 bits per heavy atom. The molecule has 0 radical (unpaired) electrons. The van der Waals surface area contributed by atoms with E-state index in [0.29, 0.717) is 40.7 Å². The summed E-state index contributed by atoms with van der Waals surface area (Å²) in [5.74, 6) is 0. The molecule has 0 fully saturated rings. The highest BCUT2D eigenvalue weighted by molar-refractivity contribution is 7.89. The lowest BCUT2D eigenvalue weighted by molar-refractivity contribution is -0.139. The maximum absolute atomic E-state index is 14.0. The Kier molecular flexibility index (Phi) is 9.25. The Bertz CT molecular complexity index is 1560. The molecule has 19 heteroatoms. The Hall–Kier alpha value is -2.62. The third-order valence-electron chi connectivity index (χ3n) is 5.86. The van der Waals surface area contributed by atoms with Crippen LogP contribution in [0.3, 0.4) is 0 Å². The molecular weight excluding hydrogens is 645 g/mol. The van der Waals surface area contributed by atoms with Crippen molar-refractivity contribution in [2.45, 2.75) is 35.5 Å². The van der Waals surface area contributed by atoms with E-state index in [0.717, 1.165) is 36.4 Å². The van der Waals surface area contributed by atoms with Crippen LogP contribution in [0.25, 0.3) is 0 Å². The van der Waals surface area contributed by atoms with Crippen LogP contribution in [0.15, 0.2) is 77.7 Å². The van der Waals surface area contributed by atoms with Gasteiger partial charge in [0.15, 0.2) is 0 Å². The minimum atomic E-state index is -5.94. The molecule has 0 amide bonds. The molecule has 230 valence electrons. The second-order valence-corrected chi connectivity index (χ2v) is 14.0. The van der Waals surface area contributed by atoms with Crippen molar-refractivity contribution >= 4 is 25.2 Å². The normalized spacial score (nSPS) is 13.9. The van der Waals surface area contributed by atoms with Gasteiger partial charge in [0.2, 0.25) is 10.0 Å². The van der Waals surface area contributed by atoms with Gasteiger partial charge in [-0.2, -0.15) is 35.0 Å². The van der Waals surface area contributed by atoms with Crippen molar-refractivity contribution in [3.63, 3.8) is 0 Å². The van der Waals surface area contributed by atoms with E-state index in [4.69, 9.17) is 19.6 Å². The van der Waals surface area contributed by atoms with Crippen LogP contribution in [-0.4, -0.2) is 32.3 Å². The van der Waals surface area contributed by atoms with E-state index in [-0.39, 0.29) is 11.1 Å². The maximum Gasteiger partial charge on any atom is 0.417 e. The second kappa shape index (κ2) is 11.5. The van der Waals surface area contributed by atoms with Crippen LogP contribution in [0, 0.1) is 0 Å². The van der Waals surface area contributed by atoms with Crippen molar-refractivity contribution in [3.8, 4) is 0 Å². The van der Waals surface area contributed by atoms with Gasteiger partial charge in [-0.25, -0.2) is 8.42 Å². The van der Waals surface area contributed by atoms with Gasteiger partial charge in [0, 0.05) is 24.2 Å². The second-order valence-electron chi connectivity index (χ2n) is 8.83.